The highest BCUT2D eigenvalue weighted by Crippen LogP contribution is 2.33. The van der Waals surface area contributed by atoms with Crippen LogP contribution in [0.25, 0.3) is 0 Å². The average Bonchev–Trinajstić information content (AvgIpc) is 3.12. The summed E-state index contributed by atoms with van der Waals surface area (Å²) in [5, 5.41) is 2.96. The molecule has 0 aromatic heterocycles. The molecule has 4 rings (SSSR count). The van der Waals surface area contributed by atoms with Gasteiger partial charge in [-0.3, -0.25) is 4.79 Å². The summed E-state index contributed by atoms with van der Waals surface area (Å²) in [6, 6.07) is 5.13. The second-order valence-electron chi connectivity index (χ2n) is 6.83. The van der Waals surface area contributed by atoms with Gasteiger partial charge in [-0.2, -0.15) is 8.42 Å². The molecule has 1 aromatic carbocycles. The van der Waals surface area contributed by atoms with Crippen molar-refractivity contribution in [1.82, 2.24) is 9.62 Å². The Bertz CT molecular complexity index is 932. The van der Waals surface area contributed by atoms with Gasteiger partial charge in [0.1, 0.15) is 5.70 Å². The van der Waals surface area contributed by atoms with E-state index in [4.69, 9.17) is 9.47 Å². The molecule has 1 saturated carbocycles. The summed E-state index contributed by atoms with van der Waals surface area (Å²) in [5.74, 6) is 0.712. The summed E-state index contributed by atoms with van der Waals surface area (Å²) in [6.07, 6.45) is 6.64. The van der Waals surface area contributed by atoms with Gasteiger partial charge in [0.05, 0.1) is 5.71 Å². The maximum atomic E-state index is 12.7. The van der Waals surface area contributed by atoms with Crippen LogP contribution < -0.4 is 14.8 Å². The monoisotopic (exact) mass is 391 g/mol. The first-order valence-electron chi connectivity index (χ1n) is 8.95. The van der Waals surface area contributed by atoms with Crippen molar-refractivity contribution < 1.29 is 22.7 Å². The van der Waals surface area contributed by atoms with Crippen LogP contribution in [0.1, 0.15) is 37.7 Å². The molecule has 0 spiro atoms. The Morgan fingerprint density at radius 1 is 1.19 bits per heavy atom. The molecular formula is C18H21N3O5S. The predicted molar refractivity (Wildman–Crippen MR) is 98.9 cm³/mol. The first-order valence-corrected chi connectivity index (χ1v) is 10.4. The highest BCUT2D eigenvalue weighted by Gasteiger charge is 2.31. The lowest BCUT2D eigenvalue weighted by Gasteiger charge is -2.27. The highest BCUT2D eigenvalue weighted by atomic mass is 32.2. The van der Waals surface area contributed by atoms with Crippen molar-refractivity contribution in [3.8, 4) is 11.5 Å². The van der Waals surface area contributed by atoms with E-state index in [0.717, 1.165) is 30.0 Å². The Labute approximate surface area is 158 Å². The van der Waals surface area contributed by atoms with E-state index in [2.05, 4.69) is 9.71 Å². The van der Waals surface area contributed by atoms with Crippen LogP contribution in [-0.2, 0) is 15.0 Å². The van der Waals surface area contributed by atoms with Crippen LogP contribution in [-0.4, -0.2) is 44.2 Å². The van der Waals surface area contributed by atoms with Crippen LogP contribution in [0.15, 0.2) is 34.4 Å². The summed E-state index contributed by atoms with van der Waals surface area (Å²) in [6.45, 7) is 0.122. The molecule has 2 heterocycles. The molecule has 0 unspecified atom stereocenters. The number of hydrogen-bond donors (Lipinski definition) is 1. The summed E-state index contributed by atoms with van der Waals surface area (Å²) in [7, 11) is -2.65. The van der Waals surface area contributed by atoms with Crippen LogP contribution in [0, 0.1) is 0 Å². The molecular weight excluding hydrogens is 370 g/mol. The molecule has 1 aromatic rings. The maximum Gasteiger partial charge on any atom is 0.345 e. The van der Waals surface area contributed by atoms with Crippen molar-refractivity contribution in [2.45, 2.75) is 38.1 Å². The number of carbonyl (C=O) groups is 1. The van der Waals surface area contributed by atoms with Gasteiger partial charge in [-0.05, 0) is 37.1 Å². The molecule has 27 heavy (non-hydrogen) atoms. The first-order chi connectivity index (χ1) is 12.9. The van der Waals surface area contributed by atoms with E-state index in [1.165, 1.54) is 19.5 Å². The van der Waals surface area contributed by atoms with E-state index in [0.29, 0.717) is 17.1 Å². The van der Waals surface area contributed by atoms with Crippen molar-refractivity contribution in [2.75, 3.05) is 13.8 Å². The Morgan fingerprint density at radius 2 is 1.93 bits per heavy atom. The predicted octanol–water partition coefficient (Wildman–Crippen LogP) is 1.73. The van der Waals surface area contributed by atoms with Crippen molar-refractivity contribution in [3.63, 3.8) is 0 Å². The quantitative estimate of drug-likeness (QED) is 0.846. The number of benzene rings is 1. The minimum Gasteiger partial charge on any atom is -0.454 e. The fraction of sp³-hybridized carbons (Fsp3) is 0.444. The smallest absolute Gasteiger partial charge is 0.345 e. The van der Waals surface area contributed by atoms with E-state index in [9.17, 15) is 13.2 Å². The maximum absolute atomic E-state index is 12.7. The van der Waals surface area contributed by atoms with Gasteiger partial charge in [0, 0.05) is 18.7 Å². The van der Waals surface area contributed by atoms with Crippen molar-refractivity contribution >= 4 is 21.8 Å². The van der Waals surface area contributed by atoms with Crippen molar-refractivity contribution in [2.24, 2.45) is 4.40 Å². The van der Waals surface area contributed by atoms with Gasteiger partial charge in [-0.1, -0.05) is 19.3 Å². The van der Waals surface area contributed by atoms with Crippen LogP contribution in [0.3, 0.4) is 0 Å². The summed E-state index contributed by atoms with van der Waals surface area (Å²) in [5.41, 5.74) is 0.794. The lowest BCUT2D eigenvalue weighted by molar-refractivity contribution is -0.119. The van der Waals surface area contributed by atoms with Crippen LogP contribution in [0.5, 0.6) is 11.5 Å². The fourth-order valence-electron chi connectivity index (χ4n) is 3.46. The number of nitrogens with one attached hydrogen (secondary N) is 1. The number of allylic oxidation sites excluding steroid dienone is 1. The first kappa shape index (κ1) is 17.8. The number of ether oxygens (including phenoxy) is 2. The molecule has 8 nitrogen and oxygen atoms in total. The molecule has 0 saturated heterocycles. The third kappa shape index (κ3) is 3.51. The SMILES string of the molecule is CN1C(C(=O)NC2CCCCC2)=CC(c2ccc3c(c2)OCO3)=NS1(=O)=O. The second kappa shape index (κ2) is 6.88. The zero-order valence-corrected chi connectivity index (χ0v) is 15.8. The fourth-order valence-corrected chi connectivity index (χ4v) is 4.38. The Hall–Kier alpha value is -2.55. The molecule has 1 amide bonds. The Morgan fingerprint density at radius 3 is 2.70 bits per heavy atom. The third-order valence-electron chi connectivity index (χ3n) is 5.01. The van der Waals surface area contributed by atoms with E-state index < -0.39 is 16.1 Å². The van der Waals surface area contributed by atoms with Gasteiger partial charge in [-0.15, -0.1) is 4.40 Å². The number of hydrogen-bond acceptors (Lipinski definition) is 5. The molecule has 1 N–H and O–H groups in total. The zero-order chi connectivity index (χ0) is 19.0. The molecule has 144 valence electrons. The number of nitrogens with zero attached hydrogens (tertiary/aromatic N) is 2. The number of fused-ring (bicyclic) bond motifs is 1. The normalized spacial score (nSPS) is 21.4. The molecule has 3 aliphatic rings. The molecule has 0 bridgehead atoms. The van der Waals surface area contributed by atoms with Crippen LogP contribution in [0.4, 0.5) is 0 Å². The molecule has 0 atom stereocenters. The zero-order valence-electron chi connectivity index (χ0n) is 15.0. The number of likely N-dealkylation sites (N-methyl/N-ethyl adjacent to an activating group) is 1. The minimum atomic E-state index is -3.99. The topological polar surface area (TPSA) is 97.3 Å². The van der Waals surface area contributed by atoms with Gasteiger partial charge in [0.25, 0.3) is 5.91 Å². The highest BCUT2D eigenvalue weighted by molar-refractivity contribution is 7.88. The van der Waals surface area contributed by atoms with E-state index in [-0.39, 0.29) is 24.2 Å². The standard InChI is InChI=1S/C18H21N3O5S/c1-21-15(18(22)19-13-5-3-2-4-6-13)10-14(20-27(21,23)24)12-7-8-16-17(9-12)26-11-25-16/h7-10,13H,2-6,11H2,1H3,(H,19,22). The van der Waals surface area contributed by atoms with Gasteiger partial charge in [0.15, 0.2) is 11.5 Å². The largest absolute Gasteiger partial charge is 0.454 e. The average molecular weight is 391 g/mol. The molecule has 0 radical (unpaired) electrons. The van der Waals surface area contributed by atoms with Crippen molar-refractivity contribution in [3.05, 3.63) is 35.5 Å². The molecule has 1 fully saturated rings. The van der Waals surface area contributed by atoms with E-state index >= 15 is 0 Å². The minimum absolute atomic E-state index is 0.0586. The van der Waals surface area contributed by atoms with E-state index in [1.807, 2.05) is 0 Å². The van der Waals surface area contributed by atoms with Gasteiger partial charge >= 0.3 is 10.2 Å². The third-order valence-corrected chi connectivity index (χ3v) is 6.33. The van der Waals surface area contributed by atoms with Gasteiger partial charge in [-0.25, -0.2) is 4.31 Å². The van der Waals surface area contributed by atoms with E-state index in [1.54, 1.807) is 18.2 Å². The summed E-state index contributed by atoms with van der Waals surface area (Å²) in [4.78, 5) is 12.7. The van der Waals surface area contributed by atoms with Gasteiger partial charge < -0.3 is 14.8 Å². The Kier molecular flexibility index (Phi) is 4.55. The Balaban J connectivity index is 1.64. The number of rotatable bonds is 3. The molecule has 9 heteroatoms. The van der Waals surface area contributed by atoms with Gasteiger partial charge in [0.2, 0.25) is 6.79 Å². The lowest BCUT2D eigenvalue weighted by Crippen LogP contribution is -2.43. The van der Waals surface area contributed by atoms with Crippen LogP contribution in [0.2, 0.25) is 0 Å². The summed E-state index contributed by atoms with van der Waals surface area (Å²) < 4.78 is 40.3. The molecule has 2 aliphatic heterocycles. The second-order valence-corrected chi connectivity index (χ2v) is 8.45. The summed E-state index contributed by atoms with van der Waals surface area (Å²) >= 11 is 0. The number of amides is 1. The van der Waals surface area contributed by atoms with Crippen molar-refractivity contribution in [1.29, 1.82) is 0 Å². The number of carbonyl (C=O) groups excluding carboxylic acids is 1. The van der Waals surface area contributed by atoms with Crippen LogP contribution >= 0.6 is 0 Å². The lowest BCUT2D eigenvalue weighted by atomic mass is 9.95. The molecule has 1 aliphatic carbocycles.